The molecule has 0 saturated heterocycles. The molecule has 0 spiro atoms. The van der Waals surface area contributed by atoms with Crippen LogP contribution in [-0.4, -0.2) is 59.1 Å². The number of thioether (sulfide) groups is 1. The van der Waals surface area contributed by atoms with Gasteiger partial charge in [-0.05, 0) is 55.8 Å². The number of fused-ring (bicyclic) bond motifs is 1. The van der Waals surface area contributed by atoms with Crippen molar-refractivity contribution >= 4 is 35.3 Å². The van der Waals surface area contributed by atoms with Crippen LogP contribution in [0.5, 0.6) is 11.5 Å². The summed E-state index contributed by atoms with van der Waals surface area (Å²) in [5.74, 6) is 0.794. The molecule has 0 aliphatic carbocycles. The minimum absolute atomic E-state index is 0.155. The Morgan fingerprint density at radius 2 is 1.76 bits per heavy atom. The summed E-state index contributed by atoms with van der Waals surface area (Å²) in [5.41, 5.74) is 1.95. The van der Waals surface area contributed by atoms with Crippen LogP contribution in [0.25, 0.3) is 6.08 Å². The van der Waals surface area contributed by atoms with Gasteiger partial charge in [-0.3, -0.25) is 9.59 Å². The zero-order valence-electron chi connectivity index (χ0n) is 20.0. The number of carbonyl (C=O) groups is 2. The molecule has 34 heavy (non-hydrogen) atoms. The molecule has 0 saturated carbocycles. The third-order valence-corrected chi connectivity index (χ3v) is 6.24. The van der Waals surface area contributed by atoms with Gasteiger partial charge in [-0.1, -0.05) is 17.8 Å². The molecule has 0 bridgehead atoms. The molecule has 2 aromatic rings. The first kappa shape index (κ1) is 25.6. The van der Waals surface area contributed by atoms with Crippen LogP contribution in [0.3, 0.4) is 0 Å². The summed E-state index contributed by atoms with van der Waals surface area (Å²) in [6, 6.07) is 10.8. The third kappa shape index (κ3) is 5.91. The Bertz CT molecular complexity index is 1070. The topological polar surface area (TPSA) is 86.3 Å². The van der Waals surface area contributed by atoms with Gasteiger partial charge in [-0.15, -0.1) is 0 Å². The Kier molecular flexibility index (Phi) is 8.98. The van der Waals surface area contributed by atoms with Crippen LogP contribution < -0.4 is 19.7 Å². The maximum atomic E-state index is 13.1. The lowest BCUT2D eigenvalue weighted by Gasteiger charge is -2.27. The molecule has 0 fully saturated rings. The molecule has 0 aromatic heterocycles. The number of likely N-dealkylation sites (N-methyl/N-ethyl adjacent to an activating group) is 1. The molecule has 1 N–H and O–H groups in total. The van der Waals surface area contributed by atoms with Crippen LogP contribution >= 0.6 is 11.8 Å². The highest BCUT2D eigenvalue weighted by Crippen LogP contribution is 2.42. The number of nitrogens with one attached hydrogen (secondary N) is 1. The molecule has 3 rings (SSSR count). The molecule has 8 nitrogen and oxygen atoms in total. The lowest BCUT2D eigenvalue weighted by atomic mass is 10.1. The summed E-state index contributed by atoms with van der Waals surface area (Å²) >= 11 is 1.37. The van der Waals surface area contributed by atoms with Crippen molar-refractivity contribution in [3.63, 3.8) is 0 Å². The quantitative estimate of drug-likeness (QED) is 0.402. The minimum Gasteiger partial charge on any atom is -0.493 e. The largest absolute Gasteiger partial charge is 0.493 e. The van der Waals surface area contributed by atoms with E-state index in [4.69, 9.17) is 18.9 Å². The number of benzene rings is 2. The number of anilines is 1. The number of amides is 2. The lowest BCUT2D eigenvalue weighted by molar-refractivity contribution is -0.131. The Morgan fingerprint density at radius 3 is 2.41 bits per heavy atom. The van der Waals surface area contributed by atoms with Gasteiger partial charge in [-0.25, -0.2) is 0 Å². The number of nitrogens with zero attached hydrogens (tertiary/aromatic N) is 1. The predicted octanol–water partition coefficient (Wildman–Crippen LogP) is 3.94. The maximum Gasteiger partial charge on any atom is 0.264 e. The van der Waals surface area contributed by atoms with Crippen LogP contribution in [0.15, 0.2) is 46.2 Å². The lowest BCUT2D eigenvalue weighted by Crippen LogP contribution is -2.35. The summed E-state index contributed by atoms with van der Waals surface area (Å²) in [7, 11) is 4.85. The SMILES string of the molecule is CCOC(CNC(=O)c1ccc2c(c1)N(C)C(=O)C(=Cc1ccc(OC)c(OC)c1)S2)OCC. The zero-order valence-corrected chi connectivity index (χ0v) is 20.9. The molecule has 0 atom stereocenters. The Morgan fingerprint density at radius 1 is 1.06 bits per heavy atom. The average Bonchev–Trinajstić information content (AvgIpc) is 2.85. The van der Waals surface area contributed by atoms with E-state index in [1.807, 2.05) is 38.1 Å². The number of carbonyl (C=O) groups excluding carboxylic acids is 2. The van der Waals surface area contributed by atoms with Crippen molar-refractivity contribution in [1.82, 2.24) is 5.32 Å². The van der Waals surface area contributed by atoms with Gasteiger partial charge in [-0.2, -0.15) is 0 Å². The van der Waals surface area contributed by atoms with Gasteiger partial charge in [0.25, 0.3) is 11.8 Å². The van der Waals surface area contributed by atoms with Crippen LogP contribution in [0.1, 0.15) is 29.8 Å². The normalized spacial score (nSPS) is 14.4. The fourth-order valence-electron chi connectivity index (χ4n) is 3.44. The highest BCUT2D eigenvalue weighted by molar-refractivity contribution is 8.04. The Balaban J connectivity index is 1.78. The number of methoxy groups -OCH3 is 2. The zero-order chi connectivity index (χ0) is 24.7. The van der Waals surface area contributed by atoms with Crippen LogP contribution in [-0.2, 0) is 14.3 Å². The Labute approximate surface area is 204 Å². The molecule has 0 radical (unpaired) electrons. The van der Waals surface area contributed by atoms with Crippen LogP contribution in [0.4, 0.5) is 5.69 Å². The predicted molar refractivity (Wildman–Crippen MR) is 133 cm³/mol. The minimum atomic E-state index is -0.499. The van der Waals surface area contributed by atoms with E-state index in [9.17, 15) is 9.59 Å². The molecule has 1 heterocycles. The molecule has 0 unspecified atom stereocenters. The van der Waals surface area contributed by atoms with E-state index in [0.29, 0.717) is 40.9 Å². The number of rotatable bonds is 10. The molecule has 2 amide bonds. The fourth-order valence-corrected chi connectivity index (χ4v) is 4.54. The van der Waals surface area contributed by atoms with E-state index in [1.165, 1.54) is 11.8 Å². The Hall–Kier alpha value is -3.01. The van der Waals surface area contributed by atoms with Crippen LogP contribution in [0, 0.1) is 0 Å². The maximum absolute atomic E-state index is 13.1. The summed E-state index contributed by atoms with van der Waals surface area (Å²) in [4.78, 5) is 28.7. The summed E-state index contributed by atoms with van der Waals surface area (Å²) < 4.78 is 21.6. The van der Waals surface area contributed by atoms with E-state index >= 15 is 0 Å². The molecule has 2 aromatic carbocycles. The fraction of sp³-hybridized carbons (Fsp3) is 0.360. The summed E-state index contributed by atoms with van der Waals surface area (Å²) in [6.45, 7) is 4.95. The third-order valence-electron chi connectivity index (χ3n) is 5.16. The second kappa shape index (κ2) is 11.9. The van der Waals surface area contributed by atoms with Gasteiger partial charge in [0.05, 0.1) is 31.4 Å². The van der Waals surface area contributed by atoms with Crippen LogP contribution in [0.2, 0.25) is 0 Å². The van der Waals surface area contributed by atoms with Gasteiger partial charge >= 0.3 is 0 Å². The van der Waals surface area contributed by atoms with E-state index in [1.54, 1.807) is 44.4 Å². The van der Waals surface area contributed by atoms with Crippen molar-refractivity contribution in [2.45, 2.75) is 25.0 Å². The highest BCUT2D eigenvalue weighted by Gasteiger charge is 2.27. The van der Waals surface area contributed by atoms with E-state index < -0.39 is 6.29 Å². The standard InChI is InChI=1S/C25H30N2O6S/c1-6-32-23(33-7-2)15-26-24(28)17-9-11-21-18(14-17)27(3)25(29)22(34-21)13-16-8-10-19(30-4)20(12-16)31-5/h8-14,23H,6-7,15H2,1-5H3,(H,26,28). The van der Waals surface area contributed by atoms with Gasteiger partial charge in [0.15, 0.2) is 17.8 Å². The monoisotopic (exact) mass is 486 g/mol. The van der Waals surface area contributed by atoms with Crippen molar-refractivity contribution < 1.29 is 28.5 Å². The second-order valence-electron chi connectivity index (χ2n) is 7.32. The smallest absolute Gasteiger partial charge is 0.264 e. The van der Waals surface area contributed by atoms with Gasteiger partial charge in [0.1, 0.15) is 0 Å². The van der Waals surface area contributed by atoms with E-state index in [-0.39, 0.29) is 18.4 Å². The number of hydrogen-bond donors (Lipinski definition) is 1. The first-order chi connectivity index (χ1) is 16.4. The first-order valence-electron chi connectivity index (χ1n) is 11.0. The van der Waals surface area contributed by atoms with E-state index in [2.05, 4.69) is 5.32 Å². The first-order valence-corrected chi connectivity index (χ1v) is 11.8. The number of ether oxygens (including phenoxy) is 4. The van der Waals surface area contributed by atoms with Gasteiger partial charge in [0.2, 0.25) is 0 Å². The second-order valence-corrected chi connectivity index (χ2v) is 8.41. The van der Waals surface area contributed by atoms with E-state index in [0.717, 1.165) is 10.5 Å². The molecule has 9 heteroatoms. The molecule has 1 aliphatic rings. The summed E-state index contributed by atoms with van der Waals surface area (Å²) in [6.07, 6.45) is 1.32. The molecular weight excluding hydrogens is 456 g/mol. The van der Waals surface area contributed by atoms with Crippen molar-refractivity contribution in [3.05, 3.63) is 52.4 Å². The molecular formula is C25H30N2O6S. The summed E-state index contributed by atoms with van der Waals surface area (Å²) in [5, 5.41) is 2.83. The van der Waals surface area contributed by atoms with Crippen molar-refractivity contribution in [1.29, 1.82) is 0 Å². The average molecular weight is 487 g/mol. The van der Waals surface area contributed by atoms with Gasteiger partial charge < -0.3 is 29.2 Å². The van der Waals surface area contributed by atoms with Crippen molar-refractivity contribution in [3.8, 4) is 11.5 Å². The van der Waals surface area contributed by atoms with Crippen molar-refractivity contribution in [2.75, 3.05) is 45.9 Å². The number of hydrogen-bond acceptors (Lipinski definition) is 7. The highest BCUT2D eigenvalue weighted by atomic mass is 32.2. The van der Waals surface area contributed by atoms with Gasteiger partial charge in [0, 0.05) is 30.7 Å². The molecule has 1 aliphatic heterocycles. The van der Waals surface area contributed by atoms with Crippen molar-refractivity contribution in [2.24, 2.45) is 0 Å². The molecule has 182 valence electrons.